The average molecular weight is 302 g/mol. The van der Waals surface area contributed by atoms with E-state index >= 15 is 0 Å². The van der Waals surface area contributed by atoms with E-state index in [9.17, 15) is 4.79 Å². The van der Waals surface area contributed by atoms with Crippen molar-refractivity contribution in [2.45, 2.75) is 39.2 Å². The Balaban J connectivity index is 2.02. The van der Waals surface area contributed by atoms with Crippen molar-refractivity contribution in [1.82, 2.24) is 19.6 Å². The van der Waals surface area contributed by atoms with Crippen LogP contribution in [0.5, 0.6) is 0 Å². The highest BCUT2D eigenvalue weighted by atomic mass is 16.1. The molecular formula is C17H26N4O. The molecule has 0 aliphatic rings. The molecular weight excluding hydrogens is 276 g/mol. The van der Waals surface area contributed by atoms with Crippen LogP contribution in [0.25, 0.3) is 5.65 Å². The molecule has 120 valence electrons. The van der Waals surface area contributed by atoms with E-state index in [1.165, 1.54) is 0 Å². The number of pyridine rings is 1. The number of rotatable bonds is 6. The van der Waals surface area contributed by atoms with Crippen LogP contribution >= 0.6 is 0 Å². The minimum atomic E-state index is -0.218. The summed E-state index contributed by atoms with van der Waals surface area (Å²) < 4.78 is 1.92. The number of fused-ring (bicyclic) bond motifs is 1. The molecule has 5 nitrogen and oxygen atoms in total. The summed E-state index contributed by atoms with van der Waals surface area (Å²) in [5.74, 6) is -0.0435. The van der Waals surface area contributed by atoms with Gasteiger partial charge in [0.15, 0.2) is 0 Å². The lowest BCUT2D eigenvalue weighted by Crippen LogP contribution is -2.43. The predicted octanol–water partition coefficient (Wildman–Crippen LogP) is 2.49. The van der Waals surface area contributed by atoms with Crippen LogP contribution in [0.15, 0.2) is 24.5 Å². The maximum Gasteiger partial charge on any atom is 0.251 e. The fourth-order valence-corrected chi connectivity index (χ4v) is 2.53. The third kappa shape index (κ3) is 4.31. The van der Waals surface area contributed by atoms with Crippen LogP contribution in [0, 0.1) is 6.92 Å². The molecule has 0 saturated carbocycles. The van der Waals surface area contributed by atoms with Crippen molar-refractivity contribution in [2.24, 2.45) is 0 Å². The molecule has 0 unspecified atom stereocenters. The van der Waals surface area contributed by atoms with Gasteiger partial charge < -0.3 is 14.6 Å². The van der Waals surface area contributed by atoms with Crippen molar-refractivity contribution >= 4 is 11.6 Å². The topological polar surface area (TPSA) is 49.6 Å². The fourth-order valence-electron chi connectivity index (χ4n) is 2.53. The van der Waals surface area contributed by atoms with Gasteiger partial charge in [-0.3, -0.25) is 4.79 Å². The number of aryl methyl sites for hydroxylation is 1. The molecule has 1 N–H and O–H groups in total. The van der Waals surface area contributed by atoms with Gasteiger partial charge in [0.1, 0.15) is 5.65 Å². The molecule has 0 atom stereocenters. The van der Waals surface area contributed by atoms with E-state index < -0.39 is 0 Å². The number of aromatic nitrogens is 2. The van der Waals surface area contributed by atoms with Gasteiger partial charge in [0, 0.05) is 23.5 Å². The summed E-state index contributed by atoms with van der Waals surface area (Å²) in [6.07, 6.45) is 5.83. The van der Waals surface area contributed by atoms with E-state index in [-0.39, 0.29) is 11.4 Å². The predicted molar refractivity (Wildman–Crippen MR) is 89.3 cm³/mol. The third-order valence-electron chi connectivity index (χ3n) is 3.70. The van der Waals surface area contributed by atoms with E-state index in [1.54, 1.807) is 0 Å². The highest BCUT2D eigenvalue weighted by molar-refractivity contribution is 5.95. The van der Waals surface area contributed by atoms with Crippen LogP contribution in [0.2, 0.25) is 0 Å². The largest absolute Gasteiger partial charge is 0.347 e. The van der Waals surface area contributed by atoms with Crippen molar-refractivity contribution in [3.63, 3.8) is 0 Å². The number of hydrogen-bond donors (Lipinski definition) is 1. The summed E-state index contributed by atoms with van der Waals surface area (Å²) in [5.41, 5.74) is 2.18. The first-order chi connectivity index (χ1) is 10.3. The Bertz CT molecular complexity index is 658. The van der Waals surface area contributed by atoms with Gasteiger partial charge in [-0.05, 0) is 66.4 Å². The van der Waals surface area contributed by atoms with Gasteiger partial charge >= 0.3 is 0 Å². The standard InChI is InChI=1S/C17H26N4O/c1-13-12-21-10-7-14(11-15(21)18-13)16(22)19-17(2,3)8-6-9-20(4)5/h7,10-12H,6,8-9H2,1-5H3,(H,19,22). The number of imidazole rings is 1. The summed E-state index contributed by atoms with van der Waals surface area (Å²) >= 11 is 0. The van der Waals surface area contributed by atoms with Crippen LogP contribution in [0.3, 0.4) is 0 Å². The number of nitrogens with one attached hydrogen (secondary N) is 1. The molecule has 0 fully saturated rings. The van der Waals surface area contributed by atoms with Crippen LogP contribution in [-0.4, -0.2) is 46.4 Å². The van der Waals surface area contributed by atoms with Gasteiger partial charge in [-0.25, -0.2) is 4.98 Å². The van der Waals surface area contributed by atoms with Crippen LogP contribution < -0.4 is 5.32 Å². The second-order valence-corrected chi connectivity index (χ2v) is 6.81. The first-order valence-electron chi connectivity index (χ1n) is 7.69. The zero-order valence-corrected chi connectivity index (χ0v) is 14.2. The summed E-state index contributed by atoms with van der Waals surface area (Å²) in [5, 5.41) is 3.12. The van der Waals surface area contributed by atoms with Crippen molar-refractivity contribution in [2.75, 3.05) is 20.6 Å². The number of hydrogen-bond acceptors (Lipinski definition) is 3. The van der Waals surface area contributed by atoms with Crippen LogP contribution in [0.1, 0.15) is 42.7 Å². The second-order valence-electron chi connectivity index (χ2n) is 6.81. The molecule has 0 radical (unpaired) electrons. The first kappa shape index (κ1) is 16.5. The van der Waals surface area contributed by atoms with Gasteiger partial charge in [0.2, 0.25) is 0 Å². The fraction of sp³-hybridized carbons (Fsp3) is 0.529. The monoisotopic (exact) mass is 302 g/mol. The van der Waals surface area contributed by atoms with E-state index in [0.717, 1.165) is 30.7 Å². The molecule has 5 heteroatoms. The third-order valence-corrected chi connectivity index (χ3v) is 3.70. The SMILES string of the molecule is Cc1cn2ccc(C(=O)NC(C)(C)CCCN(C)C)cc2n1. The minimum absolute atomic E-state index is 0.0435. The normalized spacial score (nSPS) is 12.1. The van der Waals surface area contributed by atoms with Gasteiger partial charge in [0.25, 0.3) is 5.91 Å². The molecule has 0 aromatic carbocycles. The molecule has 2 heterocycles. The zero-order valence-electron chi connectivity index (χ0n) is 14.2. The molecule has 0 spiro atoms. The van der Waals surface area contributed by atoms with Gasteiger partial charge in [0.05, 0.1) is 5.69 Å². The maximum absolute atomic E-state index is 12.4. The Morgan fingerprint density at radius 2 is 2.14 bits per heavy atom. The summed E-state index contributed by atoms with van der Waals surface area (Å²) in [6.45, 7) is 7.11. The maximum atomic E-state index is 12.4. The van der Waals surface area contributed by atoms with Gasteiger partial charge in [-0.1, -0.05) is 0 Å². The first-order valence-corrected chi connectivity index (χ1v) is 7.69. The zero-order chi connectivity index (χ0) is 16.3. The molecule has 0 bridgehead atoms. The Labute approximate surface area is 132 Å². The van der Waals surface area contributed by atoms with E-state index in [4.69, 9.17) is 0 Å². The molecule has 22 heavy (non-hydrogen) atoms. The molecule has 2 aromatic rings. The Morgan fingerprint density at radius 1 is 1.41 bits per heavy atom. The van der Waals surface area contributed by atoms with E-state index in [1.807, 2.05) is 35.9 Å². The summed E-state index contributed by atoms with van der Waals surface area (Å²) in [6, 6.07) is 3.66. The number of amides is 1. The lowest BCUT2D eigenvalue weighted by molar-refractivity contribution is 0.0907. The van der Waals surface area contributed by atoms with E-state index in [2.05, 4.69) is 43.1 Å². The summed E-state index contributed by atoms with van der Waals surface area (Å²) in [4.78, 5) is 19.0. The lowest BCUT2D eigenvalue weighted by Gasteiger charge is -2.27. The average Bonchev–Trinajstić information content (AvgIpc) is 2.76. The van der Waals surface area contributed by atoms with Crippen molar-refractivity contribution < 1.29 is 4.79 Å². The molecule has 0 aliphatic carbocycles. The van der Waals surface area contributed by atoms with Crippen molar-refractivity contribution in [1.29, 1.82) is 0 Å². The van der Waals surface area contributed by atoms with Crippen molar-refractivity contribution in [3.8, 4) is 0 Å². The highest BCUT2D eigenvalue weighted by Crippen LogP contribution is 2.14. The molecule has 0 saturated heterocycles. The number of nitrogens with zero attached hydrogens (tertiary/aromatic N) is 3. The van der Waals surface area contributed by atoms with Crippen molar-refractivity contribution in [3.05, 3.63) is 35.8 Å². The van der Waals surface area contributed by atoms with Gasteiger partial charge in [-0.15, -0.1) is 0 Å². The lowest BCUT2D eigenvalue weighted by atomic mass is 9.97. The van der Waals surface area contributed by atoms with E-state index in [0.29, 0.717) is 5.56 Å². The van der Waals surface area contributed by atoms with Crippen LogP contribution in [0.4, 0.5) is 0 Å². The Morgan fingerprint density at radius 3 is 2.82 bits per heavy atom. The number of carbonyl (C=O) groups excluding carboxylic acids is 1. The molecule has 2 aromatic heterocycles. The number of carbonyl (C=O) groups is 1. The Kier molecular flexibility index (Phi) is 4.86. The van der Waals surface area contributed by atoms with Gasteiger partial charge in [-0.2, -0.15) is 0 Å². The molecule has 2 rings (SSSR count). The van der Waals surface area contributed by atoms with Crippen LogP contribution in [-0.2, 0) is 0 Å². The quantitative estimate of drug-likeness (QED) is 0.892. The summed E-state index contributed by atoms with van der Waals surface area (Å²) in [7, 11) is 4.13. The minimum Gasteiger partial charge on any atom is -0.347 e. The second kappa shape index (κ2) is 6.48. The highest BCUT2D eigenvalue weighted by Gasteiger charge is 2.21. The molecule has 1 amide bonds. The molecule has 0 aliphatic heterocycles. The Hall–Kier alpha value is -1.88. The smallest absolute Gasteiger partial charge is 0.251 e.